The molecule has 26 heavy (non-hydrogen) atoms. The predicted molar refractivity (Wildman–Crippen MR) is 99.0 cm³/mol. The Morgan fingerprint density at radius 3 is 2.50 bits per heavy atom. The molecule has 0 radical (unpaired) electrons. The van der Waals surface area contributed by atoms with E-state index >= 15 is 0 Å². The molecule has 0 spiro atoms. The molecule has 6 nitrogen and oxygen atoms in total. The van der Waals surface area contributed by atoms with Gasteiger partial charge in [-0.25, -0.2) is 4.79 Å². The Morgan fingerprint density at radius 2 is 1.85 bits per heavy atom. The lowest BCUT2D eigenvalue weighted by Crippen LogP contribution is -2.06. The number of rotatable bonds is 5. The fourth-order valence-corrected chi connectivity index (χ4v) is 2.72. The van der Waals surface area contributed by atoms with Gasteiger partial charge in [0.15, 0.2) is 0 Å². The van der Waals surface area contributed by atoms with Gasteiger partial charge in [-0.15, -0.1) is 0 Å². The largest absolute Gasteiger partial charge is 0.461 e. The summed E-state index contributed by atoms with van der Waals surface area (Å²) in [6, 6.07) is 15.9. The second-order valence-corrected chi connectivity index (χ2v) is 5.87. The van der Waals surface area contributed by atoms with Crippen LogP contribution in [0.3, 0.4) is 0 Å². The van der Waals surface area contributed by atoms with Gasteiger partial charge in [0.1, 0.15) is 5.69 Å². The van der Waals surface area contributed by atoms with Gasteiger partial charge in [0, 0.05) is 23.4 Å². The second kappa shape index (κ2) is 7.23. The van der Waals surface area contributed by atoms with E-state index < -0.39 is 10.9 Å². The summed E-state index contributed by atoms with van der Waals surface area (Å²) in [6.45, 7) is 3.97. The van der Waals surface area contributed by atoms with Crippen LogP contribution < -0.4 is 0 Å². The van der Waals surface area contributed by atoms with E-state index in [9.17, 15) is 14.9 Å². The molecule has 1 N–H and O–H groups in total. The highest BCUT2D eigenvalue weighted by atomic mass is 16.6. The molecule has 3 rings (SSSR count). The average Bonchev–Trinajstić information content (AvgIpc) is 3.08. The van der Waals surface area contributed by atoms with Crippen molar-refractivity contribution >= 4 is 11.7 Å². The maximum Gasteiger partial charge on any atom is 0.355 e. The van der Waals surface area contributed by atoms with E-state index in [2.05, 4.69) is 4.98 Å². The van der Waals surface area contributed by atoms with E-state index in [0.29, 0.717) is 11.1 Å². The summed E-state index contributed by atoms with van der Waals surface area (Å²) in [5.41, 5.74) is 4.19. The lowest BCUT2D eigenvalue weighted by molar-refractivity contribution is -0.384. The summed E-state index contributed by atoms with van der Waals surface area (Å²) in [4.78, 5) is 26.1. The van der Waals surface area contributed by atoms with Crippen molar-refractivity contribution in [1.29, 1.82) is 0 Å². The van der Waals surface area contributed by atoms with Crippen molar-refractivity contribution in [3.8, 4) is 22.4 Å². The molecule has 2 aromatic carbocycles. The zero-order valence-corrected chi connectivity index (χ0v) is 14.5. The molecule has 0 saturated heterocycles. The van der Waals surface area contributed by atoms with Crippen molar-refractivity contribution in [1.82, 2.24) is 4.98 Å². The number of benzene rings is 2. The average molecular weight is 350 g/mol. The van der Waals surface area contributed by atoms with Crippen LogP contribution in [-0.4, -0.2) is 22.5 Å². The van der Waals surface area contributed by atoms with Crippen LogP contribution >= 0.6 is 0 Å². The molecule has 1 aromatic heterocycles. The van der Waals surface area contributed by atoms with Crippen LogP contribution in [0.5, 0.6) is 0 Å². The topological polar surface area (TPSA) is 85.2 Å². The Morgan fingerprint density at radius 1 is 1.12 bits per heavy atom. The minimum Gasteiger partial charge on any atom is -0.461 e. The molecule has 132 valence electrons. The number of hydrogen-bond donors (Lipinski definition) is 1. The monoisotopic (exact) mass is 350 g/mol. The number of non-ortho nitro benzene ring substituents is 1. The van der Waals surface area contributed by atoms with Crippen LogP contribution in [0.15, 0.2) is 54.6 Å². The molecule has 0 aliphatic rings. The number of aromatic nitrogens is 1. The lowest BCUT2D eigenvalue weighted by atomic mass is 10.0. The van der Waals surface area contributed by atoms with E-state index in [1.54, 1.807) is 19.1 Å². The SMILES string of the molecule is CCOC(=O)c1[nH]c(-c2ccc(C)cc2)cc1-c1cccc([N+](=O)[O-])c1. The van der Waals surface area contributed by atoms with Crippen molar-refractivity contribution < 1.29 is 14.5 Å². The van der Waals surface area contributed by atoms with Crippen molar-refractivity contribution in [3.63, 3.8) is 0 Å². The summed E-state index contributed by atoms with van der Waals surface area (Å²) in [5.74, 6) is -0.493. The van der Waals surface area contributed by atoms with Crippen molar-refractivity contribution in [3.05, 3.63) is 76.0 Å². The minimum absolute atomic E-state index is 0.0320. The Labute approximate surface area is 150 Å². The number of hydrogen-bond acceptors (Lipinski definition) is 4. The van der Waals surface area contributed by atoms with Gasteiger partial charge in [-0.3, -0.25) is 10.1 Å². The van der Waals surface area contributed by atoms with E-state index in [-0.39, 0.29) is 18.0 Å². The molecule has 0 aliphatic heterocycles. The van der Waals surface area contributed by atoms with Gasteiger partial charge in [-0.05, 0) is 31.0 Å². The van der Waals surface area contributed by atoms with Crippen LogP contribution in [0.2, 0.25) is 0 Å². The third-order valence-electron chi connectivity index (χ3n) is 4.03. The highest BCUT2D eigenvalue weighted by molar-refractivity contribution is 5.97. The first-order valence-electron chi connectivity index (χ1n) is 8.21. The normalized spacial score (nSPS) is 10.5. The number of ether oxygens (including phenoxy) is 1. The van der Waals surface area contributed by atoms with E-state index in [4.69, 9.17) is 4.74 Å². The molecule has 0 fully saturated rings. The second-order valence-electron chi connectivity index (χ2n) is 5.87. The molecule has 3 aromatic rings. The standard InChI is InChI=1S/C20H18N2O4/c1-3-26-20(23)19-17(15-5-4-6-16(11-15)22(24)25)12-18(21-19)14-9-7-13(2)8-10-14/h4-12,21H,3H2,1-2H3. The molecule has 6 heteroatoms. The van der Waals surface area contributed by atoms with Crippen LogP contribution in [-0.2, 0) is 4.74 Å². The first-order valence-corrected chi connectivity index (χ1v) is 8.21. The Balaban J connectivity index is 2.13. The molecule has 0 saturated carbocycles. The summed E-state index contributed by atoms with van der Waals surface area (Å²) in [6.07, 6.45) is 0. The van der Waals surface area contributed by atoms with Crippen molar-refractivity contribution in [2.75, 3.05) is 6.61 Å². The zero-order valence-electron chi connectivity index (χ0n) is 14.5. The number of carbonyl (C=O) groups excluding carboxylic acids is 1. The Hall–Kier alpha value is -3.41. The maximum atomic E-state index is 12.4. The fraction of sp³-hybridized carbons (Fsp3) is 0.150. The molecular formula is C20H18N2O4. The van der Waals surface area contributed by atoms with Crippen molar-refractivity contribution in [2.24, 2.45) is 0 Å². The molecule has 0 atom stereocenters. The molecule has 0 amide bonds. The predicted octanol–water partition coefficient (Wildman–Crippen LogP) is 4.74. The summed E-state index contributed by atoms with van der Waals surface area (Å²) >= 11 is 0. The summed E-state index contributed by atoms with van der Waals surface area (Å²) in [5, 5.41) is 11.1. The Kier molecular flexibility index (Phi) is 4.84. The highest BCUT2D eigenvalue weighted by Crippen LogP contribution is 2.32. The number of aryl methyl sites for hydroxylation is 1. The van der Waals surface area contributed by atoms with E-state index in [0.717, 1.165) is 16.8 Å². The fourth-order valence-electron chi connectivity index (χ4n) is 2.72. The quantitative estimate of drug-likeness (QED) is 0.409. The van der Waals surface area contributed by atoms with Gasteiger partial charge in [-0.1, -0.05) is 42.0 Å². The highest BCUT2D eigenvalue weighted by Gasteiger charge is 2.20. The van der Waals surface area contributed by atoms with Crippen LogP contribution in [0, 0.1) is 17.0 Å². The van der Waals surface area contributed by atoms with Gasteiger partial charge in [-0.2, -0.15) is 0 Å². The number of nitro groups is 1. The third kappa shape index (κ3) is 3.49. The van der Waals surface area contributed by atoms with Gasteiger partial charge in [0.05, 0.1) is 11.5 Å². The zero-order chi connectivity index (χ0) is 18.7. The lowest BCUT2D eigenvalue weighted by Gasteiger charge is -2.04. The number of nitro benzene ring substituents is 1. The number of nitrogens with one attached hydrogen (secondary N) is 1. The first-order chi connectivity index (χ1) is 12.5. The van der Waals surface area contributed by atoms with Crippen LogP contribution in [0.1, 0.15) is 23.0 Å². The van der Waals surface area contributed by atoms with Crippen LogP contribution in [0.25, 0.3) is 22.4 Å². The maximum absolute atomic E-state index is 12.4. The van der Waals surface area contributed by atoms with E-state index in [1.807, 2.05) is 37.3 Å². The molecule has 0 aliphatic carbocycles. The van der Waals surface area contributed by atoms with Gasteiger partial charge < -0.3 is 9.72 Å². The summed E-state index contributed by atoms with van der Waals surface area (Å²) in [7, 11) is 0. The van der Waals surface area contributed by atoms with E-state index in [1.165, 1.54) is 12.1 Å². The smallest absolute Gasteiger partial charge is 0.355 e. The van der Waals surface area contributed by atoms with Gasteiger partial charge in [0.25, 0.3) is 5.69 Å². The molecule has 0 bridgehead atoms. The number of H-pyrrole nitrogens is 1. The summed E-state index contributed by atoms with van der Waals surface area (Å²) < 4.78 is 5.13. The Bertz CT molecular complexity index is 958. The molecular weight excluding hydrogens is 332 g/mol. The number of aromatic amines is 1. The minimum atomic E-state index is -0.493. The number of carbonyl (C=O) groups is 1. The number of esters is 1. The number of nitrogens with zero attached hydrogens (tertiary/aromatic N) is 1. The molecule has 1 heterocycles. The molecule has 0 unspecified atom stereocenters. The first kappa shape index (κ1) is 17.4. The van der Waals surface area contributed by atoms with Gasteiger partial charge in [0.2, 0.25) is 0 Å². The van der Waals surface area contributed by atoms with Crippen LogP contribution in [0.4, 0.5) is 5.69 Å². The van der Waals surface area contributed by atoms with Crippen molar-refractivity contribution in [2.45, 2.75) is 13.8 Å². The third-order valence-corrected chi connectivity index (χ3v) is 4.03. The van der Waals surface area contributed by atoms with Gasteiger partial charge >= 0.3 is 5.97 Å².